The van der Waals surface area contributed by atoms with Gasteiger partial charge in [-0.2, -0.15) is 0 Å². The summed E-state index contributed by atoms with van der Waals surface area (Å²) < 4.78 is 2.38. The van der Waals surface area contributed by atoms with Crippen LogP contribution in [0.1, 0.15) is 0 Å². The Labute approximate surface area is 253 Å². The van der Waals surface area contributed by atoms with Crippen molar-refractivity contribution in [3.05, 3.63) is 152 Å². The van der Waals surface area contributed by atoms with E-state index in [0.29, 0.717) is 0 Å². The van der Waals surface area contributed by atoms with Crippen molar-refractivity contribution in [2.75, 3.05) is 0 Å². The van der Waals surface area contributed by atoms with E-state index in [2.05, 4.69) is 156 Å². The first-order valence-electron chi connectivity index (χ1n) is 14.5. The van der Waals surface area contributed by atoms with Gasteiger partial charge >= 0.3 is 0 Å². The number of hydrogen-bond acceptors (Lipinski definition) is 2. The zero-order chi connectivity index (χ0) is 28.5. The van der Waals surface area contributed by atoms with E-state index in [4.69, 9.17) is 16.8 Å². The zero-order valence-electron chi connectivity index (χ0n) is 23.2. The highest BCUT2D eigenvalue weighted by atomic mass is 32.4. The fourth-order valence-electron chi connectivity index (χ4n) is 6.76. The monoisotopic (exact) mass is 584 g/mol. The van der Waals surface area contributed by atoms with Crippen molar-refractivity contribution in [3.63, 3.8) is 0 Å². The Morgan fingerprint density at radius 3 is 1.81 bits per heavy atom. The van der Waals surface area contributed by atoms with Gasteiger partial charge in [0.25, 0.3) is 0 Å². The third-order valence-electron chi connectivity index (χ3n) is 8.79. The molecule has 0 fully saturated rings. The maximum atomic E-state index is 6.74. The van der Waals surface area contributed by atoms with Gasteiger partial charge in [0.15, 0.2) is 0 Å². The molecule has 0 saturated heterocycles. The van der Waals surface area contributed by atoms with Crippen LogP contribution in [0.3, 0.4) is 0 Å². The molecule has 0 saturated carbocycles. The number of rotatable bonds is 3. The fourth-order valence-corrected chi connectivity index (χ4v) is 10.5. The van der Waals surface area contributed by atoms with E-state index in [1.54, 1.807) is 0 Å². The number of pyridine rings is 1. The number of nitrogens with zero attached hydrogens (tertiary/aromatic N) is 2. The molecule has 0 spiro atoms. The number of fused-ring (bicyclic) bond motifs is 11. The minimum atomic E-state index is -2.33. The quantitative estimate of drug-likeness (QED) is 0.117. The van der Waals surface area contributed by atoms with Gasteiger partial charge < -0.3 is 0 Å². The van der Waals surface area contributed by atoms with E-state index in [1.165, 1.54) is 53.6 Å². The highest BCUT2D eigenvalue weighted by molar-refractivity contribution is 8.25. The molecule has 2 heterocycles. The molecule has 0 N–H and O–H groups in total. The molecular formula is C39H25N2PS. The Kier molecular flexibility index (Phi) is 5.38. The molecule has 0 aliphatic carbocycles. The fraction of sp³-hybridized carbons (Fsp3) is 0. The zero-order valence-corrected chi connectivity index (χ0v) is 24.9. The minimum absolute atomic E-state index is 0.973. The van der Waals surface area contributed by atoms with Crippen molar-refractivity contribution in [3.8, 4) is 0 Å². The molecule has 2 nitrogen and oxygen atoms in total. The van der Waals surface area contributed by atoms with E-state index in [9.17, 15) is 0 Å². The maximum Gasteiger partial charge on any atom is 0.147 e. The van der Waals surface area contributed by atoms with Crippen molar-refractivity contribution in [1.82, 2.24) is 9.38 Å². The van der Waals surface area contributed by atoms with E-state index < -0.39 is 6.04 Å². The molecule has 43 heavy (non-hydrogen) atoms. The van der Waals surface area contributed by atoms with Crippen LogP contribution in [0.15, 0.2) is 152 Å². The van der Waals surface area contributed by atoms with Gasteiger partial charge in [0.2, 0.25) is 0 Å². The number of aromatic nitrogens is 2. The van der Waals surface area contributed by atoms with Crippen molar-refractivity contribution in [2.24, 2.45) is 0 Å². The molecule has 0 unspecified atom stereocenters. The third kappa shape index (κ3) is 3.59. The van der Waals surface area contributed by atoms with Gasteiger partial charge in [0, 0.05) is 16.8 Å². The second-order valence-corrected chi connectivity index (χ2v) is 15.6. The van der Waals surface area contributed by atoms with E-state index >= 15 is 0 Å². The van der Waals surface area contributed by atoms with E-state index in [-0.39, 0.29) is 0 Å². The molecule has 9 aromatic rings. The lowest BCUT2D eigenvalue weighted by molar-refractivity contribution is 1.32. The second-order valence-electron chi connectivity index (χ2n) is 11.1. The predicted molar refractivity (Wildman–Crippen MR) is 189 cm³/mol. The van der Waals surface area contributed by atoms with Gasteiger partial charge in [-0.15, -0.1) is 0 Å². The molecule has 0 aliphatic rings. The standard InChI is InChI=1S/C39H25N2PS/c43-42(29-14-3-1-4-15-29,30-16-5-2-6-17-30)31-20-22-35-37(25-31)41-36-24-28-13-8-7-12-27(28)23-34(36)33-21-19-26-11-9-10-18-32(26)38(33)39(41)40-35/h1-25H. The van der Waals surface area contributed by atoms with Gasteiger partial charge in [0.1, 0.15) is 5.65 Å². The smallest absolute Gasteiger partial charge is 0.147 e. The average Bonchev–Trinajstić information content (AvgIpc) is 3.47. The molecule has 202 valence electrons. The summed E-state index contributed by atoms with van der Waals surface area (Å²) >= 11 is 6.74. The molecule has 2 aromatic heterocycles. The van der Waals surface area contributed by atoms with Crippen molar-refractivity contribution < 1.29 is 0 Å². The Morgan fingerprint density at radius 1 is 0.465 bits per heavy atom. The average molecular weight is 585 g/mol. The molecule has 7 aromatic carbocycles. The summed E-state index contributed by atoms with van der Waals surface area (Å²) in [6.45, 7) is 0. The van der Waals surface area contributed by atoms with Crippen LogP contribution in [0.4, 0.5) is 0 Å². The molecule has 0 amide bonds. The van der Waals surface area contributed by atoms with Crippen LogP contribution < -0.4 is 15.9 Å². The summed E-state index contributed by atoms with van der Waals surface area (Å²) in [6.07, 6.45) is 0. The summed E-state index contributed by atoms with van der Waals surface area (Å²) in [5.74, 6) is 0. The lowest BCUT2D eigenvalue weighted by atomic mass is 9.98. The van der Waals surface area contributed by atoms with Gasteiger partial charge in [-0.3, -0.25) is 4.40 Å². The van der Waals surface area contributed by atoms with Crippen LogP contribution >= 0.6 is 6.04 Å². The highest BCUT2D eigenvalue weighted by Crippen LogP contribution is 2.44. The van der Waals surface area contributed by atoms with Crippen molar-refractivity contribution in [2.45, 2.75) is 0 Å². The first kappa shape index (κ1) is 24.7. The SMILES string of the molecule is S=P(c1ccccc1)(c1ccccc1)c1ccc2nc3c4c5ccccc5ccc4c4cc5ccccc5cc4n3c2c1. The summed E-state index contributed by atoms with van der Waals surface area (Å²) in [4.78, 5) is 5.33. The van der Waals surface area contributed by atoms with Crippen LogP contribution in [0.5, 0.6) is 0 Å². The lowest BCUT2D eigenvalue weighted by Crippen LogP contribution is -2.24. The van der Waals surface area contributed by atoms with Crippen molar-refractivity contribution >= 4 is 93.7 Å². The molecule has 0 atom stereocenters. The van der Waals surface area contributed by atoms with Crippen LogP contribution in [0.25, 0.3) is 59.9 Å². The molecule has 0 aliphatic heterocycles. The van der Waals surface area contributed by atoms with Gasteiger partial charge in [-0.25, -0.2) is 4.98 Å². The Bertz CT molecular complexity index is 2540. The van der Waals surface area contributed by atoms with E-state index in [0.717, 1.165) is 22.2 Å². The predicted octanol–water partition coefficient (Wildman–Crippen LogP) is 8.86. The molecule has 0 bridgehead atoms. The molecule has 4 heteroatoms. The highest BCUT2D eigenvalue weighted by Gasteiger charge is 2.26. The Morgan fingerprint density at radius 2 is 1.09 bits per heavy atom. The number of imidazole rings is 1. The topological polar surface area (TPSA) is 17.3 Å². The van der Waals surface area contributed by atoms with Crippen LogP contribution in [0, 0.1) is 0 Å². The first-order chi connectivity index (χ1) is 21.2. The summed E-state index contributed by atoms with van der Waals surface area (Å²) in [7, 11) is 0. The van der Waals surface area contributed by atoms with Gasteiger partial charge in [-0.05, 0) is 67.1 Å². The van der Waals surface area contributed by atoms with Gasteiger partial charge in [0.05, 0.1) is 16.6 Å². The van der Waals surface area contributed by atoms with E-state index in [1.807, 2.05) is 0 Å². The van der Waals surface area contributed by atoms with Crippen LogP contribution in [-0.2, 0) is 11.8 Å². The lowest BCUT2D eigenvalue weighted by Gasteiger charge is -2.24. The molecule has 9 rings (SSSR count). The molecular weight excluding hydrogens is 559 g/mol. The molecule has 0 radical (unpaired) electrons. The summed E-state index contributed by atoms with van der Waals surface area (Å²) in [5.41, 5.74) is 4.20. The second kappa shape index (κ2) is 9.34. The number of benzene rings is 7. The normalized spacial score (nSPS) is 12.3. The number of hydrogen-bond donors (Lipinski definition) is 0. The first-order valence-corrected chi connectivity index (χ1v) is 17.3. The Hall–Kier alpha value is -4.82. The summed E-state index contributed by atoms with van der Waals surface area (Å²) in [5, 5.41) is 12.1. The van der Waals surface area contributed by atoms with Crippen molar-refractivity contribution in [1.29, 1.82) is 0 Å². The van der Waals surface area contributed by atoms with Crippen LogP contribution in [-0.4, -0.2) is 9.38 Å². The summed E-state index contributed by atoms with van der Waals surface area (Å²) in [6, 6.07) is 52.1. The minimum Gasteiger partial charge on any atom is -0.292 e. The maximum absolute atomic E-state index is 6.74. The third-order valence-corrected chi connectivity index (χ3v) is 13.7. The van der Waals surface area contributed by atoms with Gasteiger partial charge in [-0.1, -0.05) is 139 Å². The Balaban J connectivity index is 1.47. The van der Waals surface area contributed by atoms with Crippen LogP contribution in [0.2, 0.25) is 0 Å². The largest absolute Gasteiger partial charge is 0.292 e.